The molecule has 0 spiro atoms. The average Bonchev–Trinajstić information content (AvgIpc) is 2.64. The predicted octanol–water partition coefficient (Wildman–Crippen LogP) is 3.66. The molecule has 2 aromatic rings. The minimum absolute atomic E-state index is 0.146. The van der Waals surface area contributed by atoms with Gasteiger partial charge in [0.15, 0.2) is 6.10 Å². The number of hydrogen-bond acceptors (Lipinski definition) is 4. The van der Waals surface area contributed by atoms with Crippen LogP contribution in [0.3, 0.4) is 0 Å². The summed E-state index contributed by atoms with van der Waals surface area (Å²) in [6.07, 6.45) is -1.01. The van der Waals surface area contributed by atoms with Crippen LogP contribution in [0.1, 0.15) is 48.0 Å². The number of carbonyl (C=O) groups excluding carboxylic acids is 1. The van der Waals surface area contributed by atoms with E-state index in [2.05, 4.69) is 45.0 Å². The van der Waals surface area contributed by atoms with Gasteiger partial charge in [0.25, 0.3) is 8.32 Å². The number of hydrogen-bond donors (Lipinski definition) is 1. The molecule has 0 amide bonds. The summed E-state index contributed by atoms with van der Waals surface area (Å²) in [5, 5.41) is 12.5. The second-order valence-corrected chi connectivity index (χ2v) is 13.7. The summed E-state index contributed by atoms with van der Waals surface area (Å²) < 4.78 is 12.0. The van der Waals surface area contributed by atoms with Gasteiger partial charge in [0.1, 0.15) is 5.60 Å². The van der Waals surface area contributed by atoms with Crippen LogP contribution in [0.2, 0.25) is 5.04 Å². The summed E-state index contributed by atoms with van der Waals surface area (Å²) in [5.74, 6) is -0.608. The Balaban J connectivity index is 2.31. The molecule has 0 radical (unpaired) electrons. The van der Waals surface area contributed by atoms with E-state index in [9.17, 15) is 9.90 Å². The van der Waals surface area contributed by atoms with E-state index in [0.29, 0.717) is 0 Å². The first-order chi connectivity index (χ1) is 13.5. The van der Waals surface area contributed by atoms with Gasteiger partial charge in [0.05, 0.1) is 0 Å². The summed E-state index contributed by atoms with van der Waals surface area (Å²) >= 11 is 0. The Kier molecular flexibility index (Phi) is 7.43. The van der Waals surface area contributed by atoms with Gasteiger partial charge in [-0.1, -0.05) is 81.4 Å². The van der Waals surface area contributed by atoms with Crippen molar-refractivity contribution in [3.05, 3.63) is 60.7 Å². The van der Waals surface area contributed by atoms with E-state index in [4.69, 9.17) is 9.16 Å². The highest BCUT2D eigenvalue weighted by molar-refractivity contribution is 6.99. The zero-order valence-corrected chi connectivity index (χ0v) is 19.4. The molecule has 0 aliphatic heterocycles. The van der Waals surface area contributed by atoms with Crippen molar-refractivity contribution in [2.75, 3.05) is 6.61 Å². The predicted molar refractivity (Wildman–Crippen MR) is 120 cm³/mol. The van der Waals surface area contributed by atoms with Crippen molar-refractivity contribution in [1.29, 1.82) is 0 Å². The molecule has 0 saturated carbocycles. The molecule has 2 aromatic carbocycles. The fraction of sp³-hybridized carbons (Fsp3) is 0.458. The van der Waals surface area contributed by atoms with E-state index >= 15 is 0 Å². The Bertz CT molecular complexity index is 737. The summed E-state index contributed by atoms with van der Waals surface area (Å²) in [4.78, 5) is 12.1. The first-order valence-corrected chi connectivity index (χ1v) is 12.0. The van der Waals surface area contributed by atoms with Crippen molar-refractivity contribution in [3.8, 4) is 0 Å². The number of aliphatic hydroxyl groups excluding tert-OH is 1. The molecule has 0 aliphatic rings. The maximum absolute atomic E-state index is 12.1. The van der Waals surface area contributed by atoms with Crippen LogP contribution in [0.25, 0.3) is 0 Å². The summed E-state index contributed by atoms with van der Waals surface area (Å²) in [5.41, 5.74) is -0.628. The minimum atomic E-state index is -2.66. The first-order valence-electron chi connectivity index (χ1n) is 10.1. The van der Waals surface area contributed by atoms with Gasteiger partial charge in [-0.15, -0.1) is 0 Å². The number of benzene rings is 2. The summed E-state index contributed by atoms with van der Waals surface area (Å²) in [6.45, 7) is 12.2. The van der Waals surface area contributed by atoms with Gasteiger partial charge in [0.2, 0.25) is 0 Å². The third kappa shape index (κ3) is 5.78. The second-order valence-electron chi connectivity index (χ2n) is 9.35. The van der Waals surface area contributed by atoms with E-state index in [1.54, 1.807) is 20.8 Å². The standard InChI is InChI=1S/C24H34O4Si/c1-23(2,3)28-22(26)21(25)17-18-27-29(24(4,5)6,19-13-9-7-10-14-19)20-15-11-8-12-16-20/h7-16,21,25H,17-18H2,1-6H3. The number of rotatable bonds is 7. The maximum Gasteiger partial charge on any atom is 0.335 e. The van der Waals surface area contributed by atoms with E-state index in [0.717, 1.165) is 0 Å². The van der Waals surface area contributed by atoms with Crippen LogP contribution in [-0.4, -0.2) is 37.7 Å². The monoisotopic (exact) mass is 414 g/mol. The average molecular weight is 415 g/mol. The molecule has 1 unspecified atom stereocenters. The van der Waals surface area contributed by atoms with Gasteiger partial charge in [-0.3, -0.25) is 0 Å². The van der Waals surface area contributed by atoms with Gasteiger partial charge in [0, 0.05) is 13.0 Å². The van der Waals surface area contributed by atoms with Crippen molar-refractivity contribution >= 4 is 24.7 Å². The van der Waals surface area contributed by atoms with Crippen LogP contribution in [0.15, 0.2) is 60.7 Å². The Morgan fingerprint density at radius 1 is 0.897 bits per heavy atom. The van der Waals surface area contributed by atoms with E-state index in [1.807, 2.05) is 36.4 Å². The molecule has 1 atom stereocenters. The van der Waals surface area contributed by atoms with Gasteiger partial charge < -0.3 is 14.3 Å². The summed E-state index contributed by atoms with van der Waals surface area (Å²) in [6, 6.07) is 20.6. The van der Waals surface area contributed by atoms with E-state index in [1.165, 1.54) is 10.4 Å². The minimum Gasteiger partial charge on any atom is -0.458 e. The SMILES string of the molecule is CC(C)(C)OC(=O)C(O)CCO[Si](c1ccccc1)(c1ccccc1)C(C)(C)C. The van der Waals surface area contributed by atoms with Crippen LogP contribution >= 0.6 is 0 Å². The van der Waals surface area contributed by atoms with Crippen LogP contribution in [0.4, 0.5) is 0 Å². The molecule has 0 saturated heterocycles. The highest BCUT2D eigenvalue weighted by Gasteiger charge is 2.50. The Labute approximate surface area is 176 Å². The number of ether oxygens (including phenoxy) is 1. The van der Waals surface area contributed by atoms with Crippen molar-refractivity contribution in [2.45, 2.75) is 64.7 Å². The molecular weight excluding hydrogens is 380 g/mol. The first kappa shape index (κ1) is 23.3. The van der Waals surface area contributed by atoms with Crippen LogP contribution < -0.4 is 10.4 Å². The Morgan fingerprint density at radius 2 is 1.34 bits per heavy atom. The van der Waals surface area contributed by atoms with Crippen LogP contribution in [0, 0.1) is 0 Å². The molecule has 0 heterocycles. The topological polar surface area (TPSA) is 55.8 Å². The molecular formula is C24H34O4Si. The van der Waals surface area contributed by atoms with Crippen LogP contribution in [-0.2, 0) is 14.0 Å². The highest BCUT2D eigenvalue weighted by Crippen LogP contribution is 2.36. The third-order valence-electron chi connectivity index (χ3n) is 4.81. The van der Waals surface area contributed by atoms with Gasteiger partial charge in [-0.25, -0.2) is 4.79 Å². The number of esters is 1. The molecule has 2 rings (SSSR count). The fourth-order valence-corrected chi connectivity index (χ4v) is 8.15. The highest BCUT2D eigenvalue weighted by atomic mass is 28.4. The van der Waals surface area contributed by atoms with Gasteiger partial charge >= 0.3 is 5.97 Å². The van der Waals surface area contributed by atoms with E-state index < -0.39 is 26.0 Å². The van der Waals surface area contributed by atoms with Gasteiger partial charge in [-0.05, 0) is 36.2 Å². The molecule has 0 aliphatic carbocycles. The smallest absolute Gasteiger partial charge is 0.335 e. The molecule has 5 heteroatoms. The number of aliphatic hydroxyl groups is 1. The zero-order chi connectivity index (χ0) is 21.7. The third-order valence-corrected chi connectivity index (χ3v) is 9.85. The van der Waals surface area contributed by atoms with Crippen molar-refractivity contribution in [2.24, 2.45) is 0 Å². The largest absolute Gasteiger partial charge is 0.458 e. The Morgan fingerprint density at radius 3 is 1.72 bits per heavy atom. The lowest BCUT2D eigenvalue weighted by Crippen LogP contribution is -2.66. The molecule has 0 bridgehead atoms. The number of carbonyl (C=O) groups is 1. The van der Waals surface area contributed by atoms with Crippen molar-refractivity contribution < 1.29 is 19.1 Å². The van der Waals surface area contributed by atoms with E-state index in [-0.39, 0.29) is 18.1 Å². The lowest BCUT2D eigenvalue weighted by atomic mass is 10.2. The maximum atomic E-state index is 12.1. The lowest BCUT2D eigenvalue weighted by molar-refractivity contribution is -0.165. The molecule has 1 N–H and O–H groups in total. The summed E-state index contributed by atoms with van der Waals surface area (Å²) in [7, 11) is -2.66. The van der Waals surface area contributed by atoms with Crippen molar-refractivity contribution in [3.63, 3.8) is 0 Å². The normalized spacial score (nSPS) is 13.8. The second kappa shape index (κ2) is 9.24. The van der Waals surface area contributed by atoms with Crippen LogP contribution in [0.5, 0.6) is 0 Å². The van der Waals surface area contributed by atoms with Crippen molar-refractivity contribution in [1.82, 2.24) is 0 Å². The molecule has 29 heavy (non-hydrogen) atoms. The lowest BCUT2D eigenvalue weighted by Gasteiger charge is -2.43. The fourth-order valence-electron chi connectivity index (χ4n) is 3.57. The van der Waals surface area contributed by atoms with Gasteiger partial charge in [-0.2, -0.15) is 0 Å². The Hall–Kier alpha value is -1.95. The molecule has 158 valence electrons. The molecule has 0 fully saturated rings. The molecule has 0 aromatic heterocycles. The molecule has 4 nitrogen and oxygen atoms in total. The zero-order valence-electron chi connectivity index (χ0n) is 18.4. The quantitative estimate of drug-likeness (QED) is 0.555.